The molecule has 0 aliphatic carbocycles. The number of likely N-dealkylation sites (tertiary alicyclic amines) is 1. The number of piperidine rings is 2. The highest BCUT2D eigenvalue weighted by Crippen LogP contribution is 2.34. The van der Waals surface area contributed by atoms with Gasteiger partial charge in [0.2, 0.25) is 21.8 Å². The van der Waals surface area contributed by atoms with Gasteiger partial charge in [0.25, 0.3) is 5.56 Å². The second-order valence-corrected chi connectivity index (χ2v) is 11.8. The number of nitrogens with zero attached hydrogens (tertiary/aromatic N) is 3. The van der Waals surface area contributed by atoms with Crippen molar-refractivity contribution in [2.24, 2.45) is 0 Å². The second kappa shape index (κ2) is 9.53. The number of nitrogen functional groups attached to an aromatic ring is 1. The minimum Gasteiger partial charge on any atom is -0.398 e. The number of nitrogens with two attached hydrogens (primary N) is 1. The molecule has 2 fully saturated rings. The Hall–Kier alpha value is -2.89. The van der Waals surface area contributed by atoms with Crippen LogP contribution in [0.1, 0.15) is 37.3 Å². The summed E-state index contributed by atoms with van der Waals surface area (Å²) in [6, 6.07) is 8.11. The molecule has 4 aliphatic heterocycles. The molecule has 3 N–H and O–H groups in total. The number of sulfonamides is 1. The Morgan fingerprint density at radius 3 is 2.69 bits per heavy atom. The number of halogens is 1. The summed E-state index contributed by atoms with van der Waals surface area (Å²) in [5.74, 6) is -0.545. The third kappa shape index (κ3) is 4.62. The Balaban J connectivity index is 1.27. The molecule has 0 radical (unpaired) electrons. The van der Waals surface area contributed by atoms with Gasteiger partial charge < -0.3 is 20.1 Å². The molecule has 12 heteroatoms. The average Bonchev–Trinajstić information content (AvgIpc) is 3.12. The maximum atomic E-state index is 13.4. The van der Waals surface area contributed by atoms with Gasteiger partial charge in [0.15, 0.2) is 0 Å². The fourth-order valence-electron chi connectivity index (χ4n) is 5.45. The predicted molar refractivity (Wildman–Crippen MR) is 134 cm³/mol. The number of aromatic nitrogens is 1. The summed E-state index contributed by atoms with van der Waals surface area (Å²) in [7, 11) is -4.02. The van der Waals surface area contributed by atoms with E-state index in [1.807, 2.05) is 6.07 Å². The molecule has 1 aromatic heterocycles. The number of benzene rings is 1. The highest BCUT2D eigenvalue weighted by molar-refractivity contribution is 7.89. The van der Waals surface area contributed by atoms with Gasteiger partial charge in [-0.25, -0.2) is 8.42 Å². The number of hydrogen-bond acceptors (Lipinski definition) is 6. The van der Waals surface area contributed by atoms with E-state index in [2.05, 4.69) is 4.72 Å². The first-order chi connectivity index (χ1) is 17.1. The Morgan fingerprint density at radius 2 is 1.92 bits per heavy atom. The van der Waals surface area contributed by atoms with Crippen LogP contribution in [0.15, 0.2) is 46.1 Å². The van der Waals surface area contributed by atoms with Gasteiger partial charge in [-0.3, -0.25) is 14.4 Å². The minimum absolute atomic E-state index is 0.0672. The zero-order valence-electron chi connectivity index (χ0n) is 19.6. The van der Waals surface area contributed by atoms with Crippen LogP contribution in [0.4, 0.5) is 5.69 Å². The molecule has 6 rings (SSSR count). The molecule has 2 saturated heterocycles. The molecule has 0 saturated carbocycles. The molecule has 2 unspecified atom stereocenters. The highest BCUT2D eigenvalue weighted by atomic mass is 35.5. The number of hydrogen-bond donors (Lipinski definition) is 2. The molecule has 4 aliphatic rings. The van der Waals surface area contributed by atoms with Crippen LogP contribution in [0, 0.1) is 0 Å². The van der Waals surface area contributed by atoms with Crippen LogP contribution in [0.2, 0.25) is 5.02 Å². The van der Waals surface area contributed by atoms with Crippen molar-refractivity contribution in [2.75, 3.05) is 25.4 Å². The number of carbonyl (C=O) groups is 2. The van der Waals surface area contributed by atoms with Gasteiger partial charge in [0.05, 0.1) is 22.2 Å². The van der Waals surface area contributed by atoms with E-state index in [1.54, 1.807) is 15.5 Å². The van der Waals surface area contributed by atoms with Gasteiger partial charge in [0, 0.05) is 43.4 Å². The molecule has 192 valence electrons. The van der Waals surface area contributed by atoms with Crippen LogP contribution in [0.5, 0.6) is 0 Å². The van der Waals surface area contributed by atoms with E-state index in [1.165, 1.54) is 29.2 Å². The summed E-state index contributed by atoms with van der Waals surface area (Å²) in [5.41, 5.74) is 6.81. The summed E-state index contributed by atoms with van der Waals surface area (Å²) >= 11 is 5.97. The van der Waals surface area contributed by atoms with Crippen LogP contribution in [-0.2, 0) is 26.2 Å². The number of amides is 2. The lowest BCUT2D eigenvalue weighted by Crippen LogP contribution is -2.56. The van der Waals surface area contributed by atoms with Crippen LogP contribution >= 0.6 is 11.6 Å². The van der Waals surface area contributed by atoms with E-state index in [4.69, 9.17) is 17.3 Å². The zero-order chi connectivity index (χ0) is 25.6. The van der Waals surface area contributed by atoms with Gasteiger partial charge in [-0.05, 0) is 49.9 Å². The van der Waals surface area contributed by atoms with Gasteiger partial charge in [0.1, 0.15) is 6.04 Å². The molecule has 2 bridgehead atoms. The van der Waals surface area contributed by atoms with Gasteiger partial charge in [-0.2, -0.15) is 4.72 Å². The van der Waals surface area contributed by atoms with Crippen LogP contribution in [0.25, 0.3) is 0 Å². The fraction of sp³-hybridized carbons (Fsp3) is 0.458. The number of pyridine rings is 1. The standard InChI is InChI=1S/C24H28ClN5O5S/c25-18-11-17(8-9-19(18)26)36(34,35)27-20-3-2-10-28(24(20)33)14-23(32)29-12-15-6-7-16(29)13-30-21(15)4-1-5-22(30)31/h1,4-5,8-9,11,15-16,20,27H,2-3,6-7,10,12-14,26H2/t15?,16?,20-/m0/s1. The van der Waals surface area contributed by atoms with Crippen molar-refractivity contribution in [3.05, 3.63) is 57.5 Å². The van der Waals surface area contributed by atoms with Crippen molar-refractivity contribution < 1.29 is 18.0 Å². The van der Waals surface area contributed by atoms with Crippen molar-refractivity contribution in [3.8, 4) is 0 Å². The van der Waals surface area contributed by atoms with Crippen LogP contribution < -0.4 is 16.0 Å². The molecule has 2 aromatic rings. The first-order valence-corrected chi connectivity index (χ1v) is 13.9. The Morgan fingerprint density at radius 1 is 1.11 bits per heavy atom. The number of carbonyl (C=O) groups excluding carboxylic acids is 2. The van der Waals surface area contributed by atoms with Crippen molar-refractivity contribution in [1.82, 2.24) is 19.1 Å². The SMILES string of the molecule is Nc1ccc(S(=O)(=O)N[C@H]2CCCN(CC(=O)N3CC4CCC3Cn3c4cccc3=O)C2=O)cc1Cl. The first kappa shape index (κ1) is 24.8. The van der Waals surface area contributed by atoms with E-state index in [0.29, 0.717) is 32.5 Å². The smallest absolute Gasteiger partial charge is 0.250 e. The monoisotopic (exact) mass is 533 g/mol. The molecule has 5 heterocycles. The number of anilines is 1. The predicted octanol–water partition coefficient (Wildman–Crippen LogP) is 1.14. The molecule has 0 spiro atoms. The molecule has 10 nitrogen and oxygen atoms in total. The molecule has 36 heavy (non-hydrogen) atoms. The minimum atomic E-state index is -4.02. The van der Waals surface area contributed by atoms with E-state index in [9.17, 15) is 22.8 Å². The quantitative estimate of drug-likeness (QED) is 0.553. The number of fused-ring (bicyclic) bond motifs is 2. The largest absolute Gasteiger partial charge is 0.398 e. The highest BCUT2D eigenvalue weighted by Gasteiger charge is 2.39. The maximum absolute atomic E-state index is 13.4. The van der Waals surface area contributed by atoms with E-state index < -0.39 is 22.0 Å². The van der Waals surface area contributed by atoms with E-state index in [-0.39, 0.29) is 45.6 Å². The van der Waals surface area contributed by atoms with E-state index in [0.717, 1.165) is 18.5 Å². The fourth-order valence-corrected chi connectivity index (χ4v) is 6.95. The number of nitrogens with one attached hydrogen (secondary N) is 1. The molecule has 2 amide bonds. The molecule has 1 aromatic carbocycles. The Labute approximate surface area is 214 Å². The molecular formula is C24H28ClN5O5S. The Kier molecular flexibility index (Phi) is 6.56. The van der Waals surface area contributed by atoms with Crippen molar-refractivity contribution in [1.29, 1.82) is 0 Å². The normalized spacial score (nSPS) is 23.9. The van der Waals surface area contributed by atoms with Crippen molar-refractivity contribution in [3.63, 3.8) is 0 Å². The molecular weight excluding hydrogens is 506 g/mol. The summed E-state index contributed by atoms with van der Waals surface area (Å²) < 4.78 is 29.9. The number of rotatable bonds is 5. The van der Waals surface area contributed by atoms with Gasteiger partial charge in [-0.1, -0.05) is 17.7 Å². The third-order valence-corrected chi connectivity index (χ3v) is 9.15. The maximum Gasteiger partial charge on any atom is 0.250 e. The summed E-state index contributed by atoms with van der Waals surface area (Å²) in [6.07, 6.45) is 2.58. The van der Waals surface area contributed by atoms with Crippen molar-refractivity contribution in [2.45, 2.75) is 55.1 Å². The third-order valence-electron chi connectivity index (χ3n) is 7.36. The molecule has 3 atom stereocenters. The average molecular weight is 534 g/mol. The summed E-state index contributed by atoms with van der Waals surface area (Å²) in [6.45, 7) is 1.19. The van der Waals surface area contributed by atoms with Crippen LogP contribution in [-0.4, -0.2) is 66.3 Å². The second-order valence-electron chi connectivity index (χ2n) is 9.63. The zero-order valence-corrected chi connectivity index (χ0v) is 21.2. The summed E-state index contributed by atoms with van der Waals surface area (Å²) in [5, 5.41) is 0.108. The lowest BCUT2D eigenvalue weighted by atomic mass is 9.92. The van der Waals surface area contributed by atoms with Gasteiger partial charge in [-0.15, -0.1) is 0 Å². The lowest BCUT2D eigenvalue weighted by molar-refractivity contribution is -0.145. The Bertz CT molecular complexity index is 1380. The van der Waals surface area contributed by atoms with Gasteiger partial charge >= 0.3 is 0 Å². The first-order valence-electron chi connectivity index (χ1n) is 12.0. The lowest BCUT2D eigenvalue weighted by Gasteiger charge is -2.39. The van der Waals surface area contributed by atoms with E-state index >= 15 is 0 Å². The summed E-state index contributed by atoms with van der Waals surface area (Å²) in [4.78, 5) is 42.0. The topological polar surface area (TPSA) is 135 Å². The van der Waals surface area contributed by atoms with Crippen LogP contribution in [0.3, 0.4) is 0 Å². The van der Waals surface area contributed by atoms with Crippen molar-refractivity contribution >= 4 is 39.1 Å².